The Kier molecular flexibility index (Phi) is 5.07. The third kappa shape index (κ3) is 3.30. The van der Waals surface area contributed by atoms with Gasteiger partial charge in [0.25, 0.3) is 0 Å². The Morgan fingerprint density at radius 2 is 1.76 bits per heavy atom. The minimum Gasteiger partial charge on any atom is -0.396 e. The largest absolute Gasteiger partial charge is 0.396 e. The van der Waals surface area contributed by atoms with Gasteiger partial charge in [0.05, 0.1) is 4.90 Å². The molecule has 0 saturated heterocycles. The average Bonchev–Trinajstić information content (AvgIpc) is 2.29. The molecule has 0 spiro atoms. The summed E-state index contributed by atoms with van der Waals surface area (Å²) in [6.45, 7) is 6.11. The lowest BCUT2D eigenvalue weighted by atomic mass is 9.93. The molecule has 0 bridgehead atoms. The molecule has 21 heavy (non-hydrogen) atoms. The van der Waals surface area contributed by atoms with E-state index >= 15 is 0 Å². The minimum atomic E-state index is -3.49. The number of sulfonamides is 1. The van der Waals surface area contributed by atoms with Gasteiger partial charge in [-0.15, -0.1) is 0 Å². The predicted octanol–water partition coefficient (Wildman–Crippen LogP) is 2.54. The average molecular weight is 311 g/mol. The van der Waals surface area contributed by atoms with Crippen LogP contribution in [0.4, 0.5) is 0 Å². The maximum atomic E-state index is 13.1. The zero-order chi connectivity index (χ0) is 15.6. The molecular formula is C16H25NO3S. The molecule has 0 heterocycles. The minimum absolute atomic E-state index is 0.0185. The Morgan fingerprint density at radius 3 is 2.19 bits per heavy atom. The summed E-state index contributed by atoms with van der Waals surface area (Å²) in [5, 5.41) is 9.05. The SMILES string of the molecule is Cc1cc(C)c(S(=O)(=O)N(CCCO)C2CCC2)c(C)c1. The van der Waals surface area contributed by atoms with E-state index in [1.807, 2.05) is 32.9 Å². The van der Waals surface area contributed by atoms with E-state index in [2.05, 4.69) is 0 Å². The quantitative estimate of drug-likeness (QED) is 0.878. The molecule has 1 aromatic rings. The van der Waals surface area contributed by atoms with Gasteiger partial charge < -0.3 is 5.11 Å². The summed E-state index contributed by atoms with van der Waals surface area (Å²) in [5.74, 6) is 0. The molecule has 118 valence electrons. The second-order valence-corrected chi connectivity index (χ2v) is 7.83. The van der Waals surface area contributed by atoms with Crippen molar-refractivity contribution in [3.63, 3.8) is 0 Å². The first-order valence-electron chi connectivity index (χ1n) is 7.58. The number of rotatable bonds is 6. The molecule has 0 amide bonds. The van der Waals surface area contributed by atoms with Crippen molar-refractivity contribution in [2.24, 2.45) is 0 Å². The molecule has 0 aromatic heterocycles. The van der Waals surface area contributed by atoms with Gasteiger partial charge in [-0.3, -0.25) is 0 Å². The highest BCUT2D eigenvalue weighted by molar-refractivity contribution is 7.89. The monoisotopic (exact) mass is 311 g/mol. The fourth-order valence-corrected chi connectivity index (χ4v) is 5.23. The van der Waals surface area contributed by atoms with Crippen molar-refractivity contribution < 1.29 is 13.5 Å². The highest BCUT2D eigenvalue weighted by Crippen LogP contribution is 2.32. The van der Waals surface area contributed by atoms with E-state index in [1.165, 1.54) is 0 Å². The molecule has 5 heteroatoms. The van der Waals surface area contributed by atoms with E-state index in [0.29, 0.717) is 17.9 Å². The van der Waals surface area contributed by atoms with E-state index in [1.54, 1.807) is 4.31 Å². The maximum absolute atomic E-state index is 13.1. The Balaban J connectivity index is 2.42. The predicted molar refractivity (Wildman–Crippen MR) is 83.9 cm³/mol. The summed E-state index contributed by atoms with van der Waals surface area (Å²) in [5.41, 5.74) is 2.69. The highest BCUT2D eigenvalue weighted by Gasteiger charge is 2.35. The Bertz CT molecular complexity index is 583. The van der Waals surface area contributed by atoms with Crippen molar-refractivity contribution in [1.82, 2.24) is 4.31 Å². The van der Waals surface area contributed by atoms with Crippen LogP contribution in [0.15, 0.2) is 17.0 Å². The van der Waals surface area contributed by atoms with Crippen LogP contribution >= 0.6 is 0 Å². The molecule has 0 unspecified atom stereocenters. The topological polar surface area (TPSA) is 57.6 Å². The summed E-state index contributed by atoms with van der Waals surface area (Å²) in [6, 6.07) is 3.94. The van der Waals surface area contributed by atoms with Crippen molar-refractivity contribution >= 4 is 10.0 Å². The van der Waals surface area contributed by atoms with Crippen molar-refractivity contribution in [2.45, 2.75) is 57.4 Å². The molecule has 0 atom stereocenters. The second-order valence-electron chi connectivity index (χ2n) is 6.01. The molecular weight excluding hydrogens is 286 g/mol. The molecule has 1 aromatic carbocycles. The van der Waals surface area contributed by atoms with Crippen molar-refractivity contribution in [2.75, 3.05) is 13.2 Å². The number of hydrogen-bond acceptors (Lipinski definition) is 3. The van der Waals surface area contributed by atoms with Gasteiger partial charge in [-0.1, -0.05) is 24.1 Å². The van der Waals surface area contributed by atoms with Crippen molar-refractivity contribution in [3.8, 4) is 0 Å². The van der Waals surface area contributed by atoms with E-state index in [4.69, 9.17) is 5.11 Å². The third-order valence-electron chi connectivity index (χ3n) is 4.19. The van der Waals surface area contributed by atoms with E-state index < -0.39 is 10.0 Å². The molecule has 1 aliphatic rings. The van der Waals surface area contributed by atoms with Gasteiger partial charge in [0, 0.05) is 19.2 Å². The van der Waals surface area contributed by atoms with Crippen LogP contribution in [-0.2, 0) is 10.0 Å². The molecule has 1 aliphatic carbocycles. The molecule has 0 radical (unpaired) electrons. The van der Waals surface area contributed by atoms with Gasteiger partial charge >= 0.3 is 0 Å². The second kappa shape index (κ2) is 6.46. The smallest absolute Gasteiger partial charge is 0.243 e. The van der Waals surface area contributed by atoms with Gasteiger partial charge in [-0.05, 0) is 51.2 Å². The number of hydrogen-bond donors (Lipinski definition) is 1. The maximum Gasteiger partial charge on any atom is 0.243 e. The first-order valence-corrected chi connectivity index (χ1v) is 9.02. The molecule has 0 aliphatic heterocycles. The van der Waals surface area contributed by atoms with Gasteiger partial charge in [0.15, 0.2) is 0 Å². The van der Waals surface area contributed by atoms with Gasteiger partial charge in [0.2, 0.25) is 10.0 Å². The standard InChI is InChI=1S/C16H25NO3S/c1-12-10-13(2)16(14(3)11-12)21(19,20)17(8-5-9-18)15-6-4-7-15/h10-11,15,18H,4-9H2,1-3H3. The van der Waals surface area contributed by atoms with Gasteiger partial charge in [-0.25, -0.2) is 8.42 Å². The first-order chi connectivity index (χ1) is 9.87. The normalized spacial score (nSPS) is 16.2. The number of aliphatic hydroxyl groups excluding tert-OH is 1. The van der Waals surface area contributed by atoms with E-state index in [9.17, 15) is 8.42 Å². The van der Waals surface area contributed by atoms with Gasteiger partial charge in [0.1, 0.15) is 0 Å². The number of aryl methyl sites for hydroxylation is 3. The highest BCUT2D eigenvalue weighted by atomic mass is 32.2. The Hall–Kier alpha value is -0.910. The molecule has 2 rings (SSSR count). The lowest BCUT2D eigenvalue weighted by Gasteiger charge is -2.37. The summed E-state index contributed by atoms with van der Waals surface area (Å²) in [4.78, 5) is 0.443. The number of nitrogens with zero attached hydrogens (tertiary/aromatic N) is 1. The molecule has 1 saturated carbocycles. The molecule has 1 fully saturated rings. The summed E-state index contributed by atoms with van der Waals surface area (Å²) >= 11 is 0. The van der Waals surface area contributed by atoms with Crippen LogP contribution in [-0.4, -0.2) is 37.0 Å². The number of aliphatic hydroxyl groups is 1. The fraction of sp³-hybridized carbons (Fsp3) is 0.625. The van der Waals surface area contributed by atoms with Crippen LogP contribution < -0.4 is 0 Å². The zero-order valence-electron chi connectivity index (χ0n) is 13.1. The third-order valence-corrected chi connectivity index (χ3v) is 6.45. The van der Waals surface area contributed by atoms with Crippen LogP contribution in [0.3, 0.4) is 0 Å². The first kappa shape index (κ1) is 16.5. The van der Waals surface area contributed by atoms with Crippen LogP contribution in [0, 0.1) is 20.8 Å². The van der Waals surface area contributed by atoms with Crippen molar-refractivity contribution in [1.29, 1.82) is 0 Å². The zero-order valence-corrected chi connectivity index (χ0v) is 13.9. The summed E-state index contributed by atoms with van der Waals surface area (Å²) < 4.78 is 27.7. The van der Waals surface area contributed by atoms with E-state index in [-0.39, 0.29) is 12.6 Å². The fourth-order valence-electron chi connectivity index (χ4n) is 3.09. The van der Waals surface area contributed by atoms with Crippen LogP contribution in [0.2, 0.25) is 0 Å². The van der Waals surface area contributed by atoms with E-state index in [0.717, 1.165) is 36.0 Å². The molecule has 1 N–H and O–H groups in total. The van der Waals surface area contributed by atoms with Gasteiger partial charge in [-0.2, -0.15) is 4.31 Å². The molecule has 4 nitrogen and oxygen atoms in total. The van der Waals surface area contributed by atoms with Crippen LogP contribution in [0.5, 0.6) is 0 Å². The lowest BCUT2D eigenvalue weighted by molar-refractivity contribution is 0.198. The number of benzene rings is 1. The summed E-state index contributed by atoms with van der Waals surface area (Å²) in [7, 11) is -3.49. The Morgan fingerprint density at radius 1 is 1.19 bits per heavy atom. The summed E-state index contributed by atoms with van der Waals surface area (Å²) in [6.07, 6.45) is 3.42. The van der Waals surface area contributed by atoms with Crippen LogP contribution in [0.25, 0.3) is 0 Å². The Labute approximate surface area is 127 Å². The lowest BCUT2D eigenvalue weighted by Crippen LogP contribution is -2.45. The van der Waals surface area contributed by atoms with Crippen LogP contribution in [0.1, 0.15) is 42.4 Å². The van der Waals surface area contributed by atoms with Crippen molar-refractivity contribution in [3.05, 3.63) is 28.8 Å².